The minimum atomic E-state index is -4.45. The van der Waals surface area contributed by atoms with Gasteiger partial charge < -0.3 is 4.90 Å². The number of carbonyl (C=O) groups excluding carboxylic acids is 1. The van der Waals surface area contributed by atoms with E-state index in [2.05, 4.69) is 5.10 Å². The van der Waals surface area contributed by atoms with E-state index in [9.17, 15) is 18.0 Å². The highest BCUT2D eigenvalue weighted by molar-refractivity contribution is 5.84. The van der Waals surface area contributed by atoms with Crippen LogP contribution in [0.25, 0.3) is 0 Å². The maximum Gasteiger partial charge on any atom is 0.403 e. The number of alkyl halides is 3. The first kappa shape index (κ1) is 17.3. The van der Waals surface area contributed by atoms with Gasteiger partial charge in [0, 0.05) is 37.4 Å². The van der Waals surface area contributed by atoms with Gasteiger partial charge in [-0.2, -0.15) is 18.3 Å². The van der Waals surface area contributed by atoms with E-state index < -0.39 is 17.5 Å². The van der Waals surface area contributed by atoms with Gasteiger partial charge in [0.05, 0.1) is 0 Å². The van der Waals surface area contributed by atoms with Crippen molar-refractivity contribution in [3.05, 3.63) is 18.0 Å². The third-order valence-electron chi connectivity index (χ3n) is 5.66. The molecule has 0 atom stereocenters. The third-order valence-corrected chi connectivity index (χ3v) is 5.66. The van der Waals surface area contributed by atoms with Crippen LogP contribution in [0.2, 0.25) is 0 Å². The zero-order valence-corrected chi connectivity index (χ0v) is 14.0. The molecule has 1 aliphatic heterocycles. The van der Waals surface area contributed by atoms with E-state index in [0.29, 0.717) is 38.8 Å². The number of likely N-dealkylation sites (tertiary alicyclic amines) is 1. The summed E-state index contributed by atoms with van der Waals surface area (Å²) in [5, 5.41) is 4.26. The van der Waals surface area contributed by atoms with Gasteiger partial charge in [0.15, 0.2) is 0 Å². The molecule has 0 spiro atoms. The molecule has 2 aliphatic rings. The van der Waals surface area contributed by atoms with Crippen molar-refractivity contribution >= 4 is 5.91 Å². The number of nitrogens with zero attached hydrogens (tertiary/aromatic N) is 3. The molecule has 134 valence electrons. The first-order valence-electron chi connectivity index (χ1n) is 8.77. The van der Waals surface area contributed by atoms with Gasteiger partial charge in [0.1, 0.15) is 5.41 Å². The van der Waals surface area contributed by atoms with Crippen molar-refractivity contribution in [3.8, 4) is 0 Å². The molecular formula is C17H24F3N3O. The molecule has 1 aromatic rings. The van der Waals surface area contributed by atoms with Crippen molar-refractivity contribution in [3.63, 3.8) is 0 Å². The van der Waals surface area contributed by atoms with Crippen LogP contribution in [0.3, 0.4) is 0 Å². The smallest absolute Gasteiger partial charge is 0.342 e. The van der Waals surface area contributed by atoms with Crippen LogP contribution >= 0.6 is 0 Å². The minimum Gasteiger partial charge on any atom is -0.342 e. The predicted octanol–water partition coefficient (Wildman–Crippen LogP) is 3.73. The van der Waals surface area contributed by atoms with Crippen LogP contribution < -0.4 is 0 Å². The van der Waals surface area contributed by atoms with E-state index >= 15 is 0 Å². The lowest BCUT2D eigenvalue weighted by atomic mass is 9.82. The average molecular weight is 343 g/mol. The second-order valence-electron chi connectivity index (χ2n) is 6.93. The van der Waals surface area contributed by atoms with Gasteiger partial charge in [-0.1, -0.05) is 12.8 Å². The number of aryl methyl sites for hydroxylation is 1. The Morgan fingerprint density at radius 1 is 1.29 bits per heavy atom. The lowest BCUT2D eigenvalue weighted by Crippen LogP contribution is -2.52. The monoisotopic (exact) mass is 343 g/mol. The summed E-state index contributed by atoms with van der Waals surface area (Å²) in [6, 6.07) is 1.97. The average Bonchev–Trinajstić information content (AvgIpc) is 3.23. The van der Waals surface area contributed by atoms with Crippen molar-refractivity contribution in [1.29, 1.82) is 0 Å². The Hall–Kier alpha value is -1.53. The van der Waals surface area contributed by atoms with Gasteiger partial charge in [-0.25, -0.2) is 0 Å². The Labute approximate surface area is 140 Å². The predicted molar refractivity (Wildman–Crippen MR) is 83.4 cm³/mol. The molecule has 1 saturated heterocycles. The normalized spacial score (nSPS) is 22.1. The van der Waals surface area contributed by atoms with Gasteiger partial charge in [-0.3, -0.25) is 9.48 Å². The Morgan fingerprint density at radius 2 is 1.92 bits per heavy atom. The number of aromatic nitrogens is 2. The molecule has 0 unspecified atom stereocenters. The summed E-state index contributed by atoms with van der Waals surface area (Å²) >= 11 is 0. The van der Waals surface area contributed by atoms with E-state index in [1.54, 1.807) is 6.20 Å². The SMILES string of the molecule is CCn1nccc1C1CCN(C(=O)C2(C(F)(F)F)CCCC2)CC1. The van der Waals surface area contributed by atoms with Gasteiger partial charge in [-0.15, -0.1) is 0 Å². The second-order valence-corrected chi connectivity index (χ2v) is 6.93. The van der Waals surface area contributed by atoms with Gasteiger partial charge in [0.25, 0.3) is 0 Å². The van der Waals surface area contributed by atoms with E-state index in [1.165, 1.54) is 4.90 Å². The Morgan fingerprint density at radius 3 is 2.46 bits per heavy atom. The highest BCUT2D eigenvalue weighted by Crippen LogP contribution is 2.52. The Bertz CT molecular complexity index is 582. The highest BCUT2D eigenvalue weighted by atomic mass is 19.4. The summed E-state index contributed by atoms with van der Waals surface area (Å²) in [6.45, 7) is 3.59. The molecule has 0 N–H and O–H groups in total. The van der Waals surface area contributed by atoms with Crippen LogP contribution in [0.1, 0.15) is 57.1 Å². The first-order valence-corrected chi connectivity index (χ1v) is 8.77. The number of hydrogen-bond donors (Lipinski definition) is 0. The van der Waals surface area contributed by atoms with Crippen molar-refractivity contribution in [1.82, 2.24) is 14.7 Å². The lowest BCUT2D eigenvalue weighted by Gasteiger charge is -2.39. The Balaban J connectivity index is 1.69. The number of amides is 1. The van der Waals surface area contributed by atoms with Gasteiger partial charge in [0.2, 0.25) is 5.91 Å². The van der Waals surface area contributed by atoms with Crippen LogP contribution in [-0.4, -0.2) is 39.9 Å². The van der Waals surface area contributed by atoms with Crippen molar-refractivity contribution in [2.24, 2.45) is 5.41 Å². The van der Waals surface area contributed by atoms with Crippen LogP contribution in [0, 0.1) is 5.41 Å². The Kier molecular flexibility index (Phi) is 4.62. The van der Waals surface area contributed by atoms with Gasteiger partial charge in [-0.05, 0) is 38.7 Å². The van der Waals surface area contributed by atoms with Crippen LogP contribution in [0.5, 0.6) is 0 Å². The standard InChI is InChI=1S/C17H24F3N3O/c1-2-23-14(5-10-21-23)13-6-11-22(12-7-13)15(24)16(17(18,19)20)8-3-4-9-16/h5,10,13H,2-4,6-9,11-12H2,1H3. The molecular weight excluding hydrogens is 319 g/mol. The zero-order valence-electron chi connectivity index (χ0n) is 14.0. The summed E-state index contributed by atoms with van der Waals surface area (Å²) in [6.07, 6.45) is -0.437. The molecule has 1 aromatic heterocycles. The van der Waals surface area contributed by atoms with Crippen molar-refractivity contribution in [2.75, 3.05) is 13.1 Å². The van der Waals surface area contributed by atoms with Crippen molar-refractivity contribution < 1.29 is 18.0 Å². The molecule has 0 radical (unpaired) electrons. The number of piperidine rings is 1. The van der Waals surface area contributed by atoms with Crippen LogP contribution in [0.15, 0.2) is 12.3 Å². The first-order chi connectivity index (χ1) is 11.4. The maximum absolute atomic E-state index is 13.6. The molecule has 2 heterocycles. The summed E-state index contributed by atoms with van der Waals surface area (Å²) in [4.78, 5) is 14.1. The van der Waals surface area contributed by atoms with E-state index in [-0.39, 0.29) is 18.8 Å². The molecule has 1 amide bonds. The summed E-state index contributed by atoms with van der Waals surface area (Å²) < 4.78 is 42.6. The maximum atomic E-state index is 13.6. The van der Waals surface area contributed by atoms with Crippen LogP contribution in [0.4, 0.5) is 13.2 Å². The number of carbonyl (C=O) groups is 1. The largest absolute Gasteiger partial charge is 0.403 e. The third kappa shape index (κ3) is 2.82. The zero-order chi connectivity index (χ0) is 17.4. The summed E-state index contributed by atoms with van der Waals surface area (Å²) in [5.74, 6) is -0.433. The lowest BCUT2D eigenvalue weighted by molar-refractivity contribution is -0.226. The summed E-state index contributed by atoms with van der Waals surface area (Å²) in [7, 11) is 0. The van der Waals surface area contributed by atoms with Crippen molar-refractivity contribution in [2.45, 2.75) is 64.1 Å². The molecule has 24 heavy (non-hydrogen) atoms. The number of halogens is 3. The van der Waals surface area contributed by atoms with E-state index in [1.807, 2.05) is 17.7 Å². The molecule has 3 rings (SSSR count). The topological polar surface area (TPSA) is 38.1 Å². The molecule has 1 saturated carbocycles. The van der Waals surface area contributed by atoms with Gasteiger partial charge >= 0.3 is 6.18 Å². The fraction of sp³-hybridized carbons (Fsp3) is 0.765. The summed E-state index contributed by atoms with van der Waals surface area (Å²) in [5.41, 5.74) is -1.01. The molecule has 1 aliphatic carbocycles. The van der Waals surface area contributed by atoms with Crippen LogP contribution in [-0.2, 0) is 11.3 Å². The molecule has 7 heteroatoms. The number of rotatable bonds is 3. The fourth-order valence-electron chi connectivity index (χ4n) is 4.23. The number of hydrogen-bond acceptors (Lipinski definition) is 2. The van der Waals surface area contributed by atoms with E-state index in [0.717, 1.165) is 12.2 Å². The minimum absolute atomic E-state index is 0.0577. The molecule has 4 nitrogen and oxygen atoms in total. The quantitative estimate of drug-likeness (QED) is 0.839. The fourth-order valence-corrected chi connectivity index (χ4v) is 4.23. The molecule has 2 fully saturated rings. The van der Waals surface area contributed by atoms with E-state index in [4.69, 9.17) is 0 Å². The second kappa shape index (κ2) is 6.41. The molecule has 0 aromatic carbocycles. The highest BCUT2D eigenvalue weighted by Gasteiger charge is 2.62. The molecule has 0 bridgehead atoms.